The SMILES string of the molecule is CC(F)CCNC(=O)N1CCC(C)(C)C1. The molecule has 1 rings (SSSR count). The molecule has 0 aromatic heterocycles. The number of amides is 2. The monoisotopic (exact) mass is 216 g/mol. The first-order valence-corrected chi connectivity index (χ1v) is 5.57. The van der Waals surface area contributed by atoms with Crippen LogP contribution in [0.3, 0.4) is 0 Å². The molecule has 4 heteroatoms. The second-order valence-corrected chi connectivity index (χ2v) is 5.14. The third-order valence-electron chi connectivity index (χ3n) is 2.78. The predicted molar refractivity (Wildman–Crippen MR) is 58.6 cm³/mol. The van der Waals surface area contributed by atoms with Crippen LogP contribution in [-0.2, 0) is 0 Å². The zero-order valence-corrected chi connectivity index (χ0v) is 9.85. The fourth-order valence-corrected chi connectivity index (χ4v) is 1.78. The third kappa shape index (κ3) is 4.06. The van der Waals surface area contributed by atoms with Gasteiger partial charge in [-0.3, -0.25) is 0 Å². The van der Waals surface area contributed by atoms with Crippen LogP contribution in [0.1, 0.15) is 33.6 Å². The predicted octanol–water partition coefficient (Wildman–Crippen LogP) is 2.18. The van der Waals surface area contributed by atoms with Gasteiger partial charge in [0, 0.05) is 19.6 Å². The molecule has 1 unspecified atom stereocenters. The van der Waals surface area contributed by atoms with Crippen molar-refractivity contribution in [1.29, 1.82) is 0 Å². The zero-order valence-electron chi connectivity index (χ0n) is 9.85. The fourth-order valence-electron chi connectivity index (χ4n) is 1.78. The molecule has 1 heterocycles. The summed E-state index contributed by atoms with van der Waals surface area (Å²) < 4.78 is 12.5. The number of likely N-dealkylation sites (tertiary alicyclic amines) is 1. The van der Waals surface area contributed by atoms with E-state index in [4.69, 9.17) is 0 Å². The molecule has 0 spiro atoms. The Balaban J connectivity index is 2.24. The first-order chi connectivity index (χ1) is 6.91. The lowest BCUT2D eigenvalue weighted by Gasteiger charge is -2.20. The maximum Gasteiger partial charge on any atom is 0.317 e. The standard InChI is InChI=1S/C11H21FN2O/c1-9(12)4-6-13-10(15)14-7-5-11(2,3)8-14/h9H,4-8H2,1-3H3,(H,13,15). The van der Waals surface area contributed by atoms with Crippen LogP contribution in [0, 0.1) is 5.41 Å². The third-order valence-corrected chi connectivity index (χ3v) is 2.78. The van der Waals surface area contributed by atoms with Gasteiger partial charge < -0.3 is 10.2 Å². The largest absolute Gasteiger partial charge is 0.338 e. The first kappa shape index (κ1) is 12.3. The number of nitrogens with zero attached hydrogens (tertiary/aromatic N) is 1. The van der Waals surface area contributed by atoms with Gasteiger partial charge in [-0.1, -0.05) is 13.8 Å². The van der Waals surface area contributed by atoms with Gasteiger partial charge in [0.15, 0.2) is 0 Å². The molecule has 2 amide bonds. The van der Waals surface area contributed by atoms with Crippen molar-refractivity contribution >= 4 is 6.03 Å². The highest BCUT2D eigenvalue weighted by Crippen LogP contribution is 2.28. The summed E-state index contributed by atoms with van der Waals surface area (Å²) in [5.74, 6) is 0. The van der Waals surface area contributed by atoms with E-state index in [0.29, 0.717) is 13.0 Å². The van der Waals surface area contributed by atoms with Gasteiger partial charge in [0.05, 0.1) is 6.17 Å². The number of hydrogen-bond donors (Lipinski definition) is 1. The highest BCUT2D eigenvalue weighted by atomic mass is 19.1. The van der Waals surface area contributed by atoms with Crippen molar-refractivity contribution in [3.63, 3.8) is 0 Å². The molecule has 1 aliphatic heterocycles. The van der Waals surface area contributed by atoms with E-state index in [9.17, 15) is 9.18 Å². The number of halogens is 1. The number of hydrogen-bond acceptors (Lipinski definition) is 1. The topological polar surface area (TPSA) is 32.3 Å². The Kier molecular flexibility index (Phi) is 3.94. The van der Waals surface area contributed by atoms with Crippen molar-refractivity contribution in [1.82, 2.24) is 10.2 Å². The van der Waals surface area contributed by atoms with E-state index in [1.807, 2.05) is 4.90 Å². The quantitative estimate of drug-likeness (QED) is 0.770. The molecule has 0 aromatic carbocycles. The van der Waals surface area contributed by atoms with E-state index in [1.165, 1.54) is 6.92 Å². The maximum absolute atomic E-state index is 12.5. The van der Waals surface area contributed by atoms with Crippen LogP contribution in [0.25, 0.3) is 0 Å². The molecule has 1 aliphatic rings. The van der Waals surface area contributed by atoms with Gasteiger partial charge in [0.25, 0.3) is 0 Å². The molecule has 1 atom stereocenters. The van der Waals surface area contributed by atoms with Crippen molar-refractivity contribution in [2.75, 3.05) is 19.6 Å². The summed E-state index contributed by atoms with van der Waals surface area (Å²) in [6.07, 6.45) is 0.587. The minimum Gasteiger partial charge on any atom is -0.338 e. The lowest BCUT2D eigenvalue weighted by Crippen LogP contribution is -2.39. The summed E-state index contributed by atoms with van der Waals surface area (Å²) in [5.41, 5.74) is 0.227. The molecular weight excluding hydrogens is 195 g/mol. The number of rotatable bonds is 3. The van der Waals surface area contributed by atoms with Crippen LogP contribution >= 0.6 is 0 Å². The van der Waals surface area contributed by atoms with Crippen LogP contribution < -0.4 is 5.32 Å². The van der Waals surface area contributed by atoms with E-state index in [2.05, 4.69) is 19.2 Å². The summed E-state index contributed by atoms with van der Waals surface area (Å²) in [6.45, 7) is 7.85. The van der Waals surface area contributed by atoms with Gasteiger partial charge in [-0.05, 0) is 25.2 Å². The van der Waals surface area contributed by atoms with Crippen molar-refractivity contribution in [3.8, 4) is 0 Å². The number of urea groups is 1. The van der Waals surface area contributed by atoms with Crippen molar-refractivity contribution in [2.24, 2.45) is 5.41 Å². The van der Waals surface area contributed by atoms with E-state index in [1.54, 1.807) is 0 Å². The van der Waals surface area contributed by atoms with E-state index >= 15 is 0 Å². The van der Waals surface area contributed by atoms with E-state index in [0.717, 1.165) is 19.5 Å². The van der Waals surface area contributed by atoms with Gasteiger partial charge in [-0.15, -0.1) is 0 Å². The molecular formula is C11H21FN2O. The lowest BCUT2D eigenvalue weighted by atomic mass is 9.93. The Morgan fingerprint density at radius 3 is 2.73 bits per heavy atom. The molecule has 88 valence electrons. The second-order valence-electron chi connectivity index (χ2n) is 5.14. The number of alkyl halides is 1. The molecule has 0 bridgehead atoms. The number of carbonyl (C=O) groups is 1. The average molecular weight is 216 g/mol. The minimum atomic E-state index is -0.847. The van der Waals surface area contributed by atoms with Crippen LogP contribution in [0.2, 0.25) is 0 Å². The Bertz CT molecular complexity index is 229. The van der Waals surface area contributed by atoms with E-state index in [-0.39, 0.29) is 11.4 Å². The summed E-state index contributed by atoms with van der Waals surface area (Å²) in [7, 11) is 0. The van der Waals surface area contributed by atoms with Crippen LogP contribution in [0.15, 0.2) is 0 Å². The Labute approximate surface area is 91.0 Å². The lowest BCUT2D eigenvalue weighted by molar-refractivity contribution is 0.202. The smallest absolute Gasteiger partial charge is 0.317 e. The Morgan fingerprint density at radius 2 is 2.27 bits per heavy atom. The average Bonchev–Trinajstić information content (AvgIpc) is 2.45. The van der Waals surface area contributed by atoms with Gasteiger partial charge in [0.1, 0.15) is 0 Å². The molecule has 3 nitrogen and oxygen atoms in total. The second kappa shape index (κ2) is 4.81. The van der Waals surface area contributed by atoms with Crippen molar-refractivity contribution in [3.05, 3.63) is 0 Å². The highest BCUT2D eigenvalue weighted by Gasteiger charge is 2.31. The first-order valence-electron chi connectivity index (χ1n) is 5.57. The molecule has 1 fully saturated rings. The summed E-state index contributed by atoms with van der Waals surface area (Å²) >= 11 is 0. The molecule has 1 saturated heterocycles. The summed E-state index contributed by atoms with van der Waals surface area (Å²) in [6, 6.07) is -0.0544. The summed E-state index contributed by atoms with van der Waals surface area (Å²) in [5, 5.41) is 2.74. The Morgan fingerprint density at radius 1 is 1.60 bits per heavy atom. The van der Waals surface area contributed by atoms with Crippen molar-refractivity contribution in [2.45, 2.75) is 39.8 Å². The van der Waals surface area contributed by atoms with Crippen LogP contribution in [0.5, 0.6) is 0 Å². The fraction of sp³-hybridized carbons (Fsp3) is 0.909. The summed E-state index contributed by atoms with van der Waals surface area (Å²) in [4.78, 5) is 13.4. The minimum absolute atomic E-state index is 0.0544. The molecule has 0 aliphatic carbocycles. The van der Waals surface area contributed by atoms with Gasteiger partial charge in [0.2, 0.25) is 0 Å². The molecule has 1 N–H and O–H groups in total. The van der Waals surface area contributed by atoms with Crippen molar-refractivity contribution < 1.29 is 9.18 Å². The molecule has 0 radical (unpaired) electrons. The normalized spacial score (nSPS) is 21.5. The van der Waals surface area contributed by atoms with Crippen LogP contribution in [0.4, 0.5) is 9.18 Å². The van der Waals surface area contributed by atoms with Gasteiger partial charge in [-0.25, -0.2) is 9.18 Å². The molecule has 0 aromatic rings. The number of nitrogens with one attached hydrogen (secondary N) is 1. The highest BCUT2D eigenvalue weighted by molar-refractivity contribution is 5.74. The molecule has 0 saturated carbocycles. The van der Waals surface area contributed by atoms with Gasteiger partial charge >= 0.3 is 6.03 Å². The van der Waals surface area contributed by atoms with Gasteiger partial charge in [-0.2, -0.15) is 0 Å². The number of carbonyl (C=O) groups excluding carboxylic acids is 1. The maximum atomic E-state index is 12.5. The van der Waals surface area contributed by atoms with Crippen LogP contribution in [-0.4, -0.2) is 36.7 Å². The van der Waals surface area contributed by atoms with E-state index < -0.39 is 6.17 Å². The Hall–Kier alpha value is -0.800. The molecule has 15 heavy (non-hydrogen) atoms. The zero-order chi connectivity index (χ0) is 11.5.